The molecule has 0 aromatic carbocycles. The van der Waals surface area contributed by atoms with Crippen LogP contribution in [0.5, 0.6) is 0 Å². The average molecular weight is 328 g/mol. The molecule has 1 heterocycles. The monoisotopic (exact) mass is 327 g/mol. The van der Waals surface area contributed by atoms with Gasteiger partial charge in [-0.25, -0.2) is 15.0 Å². The van der Waals surface area contributed by atoms with E-state index in [9.17, 15) is 0 Å². The maximum absolute atomic E-state index is 5.05. The molecule has 0 saturated heterocycles. The molecule has 0 bridgehead atoms. The molecule has 1 aromatic rings. The van der Waals surface area contributed by atoms with E-state index in [2.05, 4.69) is 0 Å². The second-order valence-electron chi connectivity index (χ2n) is 8.41. The lowest BCUT2D eigenvalue weighted by Crippen LogP contribution is -2.19. The fourth-order valence-corrected chi connectivity index (χ4v) is 5.06. The summed E-state index contributed by atoms with van der Waals surface area (Å²) in [4.78, 5) is 15.2. The minimum Gasteiger partial charge on any atom is -0.217 e. The lowest BCUT2D eigenvalue weighted by atomic mass is 9.86. The second-order valence-corrected chi connectivity index (χ2v) is 8.41. The SMILES string of the molecule is C1CCC(c2nc(C3CCCCC3)nc(C3CCCCC3)n2)CC1. The van der Waals surface area contributed by atoms with E-state index in [1.54, 1.807) is 0 Å². The summed E-state index contributed by atoms with van der Waals surface area (Å²) in [7, 11) is 0. The van der Waals surface area contributed by atoms with E-state index in [1.807, 2.05) is 0 Å². The number of hydrogen-bond donors (Lipinski definition) is 0. The predicted octanol–water partition coefficient (Wildman–Crippen LogP) is 6.01. The summed E-state index contributed by atoms with van der Waals surface area (Å²) >= 11 is 0. The molecule has 3 heteroatoms. The summed E-state index contributed by atoms with van der Waals surface area (Å²) in [5, 5.41) is 0. The first-order valence-corrected chi connectivity index (χ1v) is 10.7. The van der Waals surface area contributed by atoms with Crippen molar-refractivity contribution in [2.75, 3.05) is 0 Å². The fraction of sp³-hybridized carbons (Fsp3) is 0.857. The summed E-state index contributed by atoms with van der Waals surface area (Å²) in [5.41, 5.74) is 0. The molecule has 24 heavy (non-hydrogen) atoms. The van der Waals surface area contributed by atoms with Crippen LogP contribution in [-0.2, 0) is 0 Å². The third kappa shape index (κ3) is 3.81. The van der Waals surface area contributed by atoms with Crippen molar-refractivity contribution in [3.63, 3.8) is 0 Å². The summed E-state index contributed by atoms with van der Waals surface area (Å²) in [5.74, 6) is 5.28. The van der Waals surface area contributed by atoms with E-state index in [1.165, 1.54) is 96.3 Å². The van der Waals surface area contributed by atoms with Gasteiger partial charge in [-0.2, -0.15) is 0 Å². The Morgan fingerprint density at radius 1 is 0.375 bits per heavy atom. The van der Waals surface area contributed by atoms with E-state index in [0.29, 0.717) is 17.8 Å². The Morgan fingerprint density at radius 3 is 0.875 bits per heavy atom. The van der Waals surface area contributed by atoms with Crippen LogP contribution in [0.15, 0.2) is 0 Å². The minimum atomic E-state index is 0.603. The predicted molar refractivity (Wildman–Crippen MR) is 97.3 cm³/mol. The van der Waals surface area contributed by atoms with Crippen LogP contribution >= 0.6 is 0 Å². The summed E-state index contributed by atoms with van der Waals surface area (Å²) in [6.45, 7) is 0. The van der Waals surface area contributed by atoms with Crippen molar-refractivity contribution in [2.24, 2.45) is 0 Å². The zero-order valence-electron chi connectivity index (χ0n) is 15.2. The highest BCUT2D eigenvalue weighted by Gasteiger charge is 2.27. The van der Waals surface area contributed by atoms with Crippen molar-refractivity contribution in [1.29, 1.82) is 0 Å². The molecule has 0 radical (unpaired) electrons. The van der Waals surface area contributed by atoms with Gasteiger partial charge in [0.2, 0.25) is 0 Å². The van der Waals surface area contributed by atoms with Crippen LogP contribution in [0, 0.1) is 0 Å². The average Bonchev–Trinajstić information content (AvgIpc) is 2.70. The first-order chi connectivity index (χ1) is 11.9. The third-order valence-electron chi connectivity index (χ3n) is 6.60. The second kappa shape index (κ2) is 7.93. The number of nitrogens with zero attached hydrogens (tertiary/aromatic N) is 3. The lowest BCUT2D eigenvalue weighted by Gasteiger charge is -2.26. The first kappa shape index (κ1) is 16.5. The van der Waals surface area contributed by atoms with E-state index in [4.69, 9.17) is 15.0 Å². The molecule has 0 spiro atoms. The summed E-state index contributed by atoms with van der Waals surface area (Å²) in [6, 6.07) is 0. The quantitative estimate of drug-likeness (QED) is 0.682. The van der Waals surface area contributed by atoms with Crippen LogP contribution in [0.1, 0.15) is 132 Å². The molecule has 0 amide bonds. The molecule has 3 aliphatic carbocycles. The van der Waals surface area contributed by atoms with Gasteiger partial charge in [0.15, 0.2) is 0 Å². The molecule has 3 fully saturated rings. The van der Waals surface area contributed by atoms with Crippen molar-refractivity contribution in [3.8, 4) is 0 Å². The highest BCUT2D eigenvalue weighted by Crippen LogP contribution is 2.36. The van der Waals surface area contributed by atoms with Gasteiger partial charge >= 0.3 is 0 Å². The number of hydrogen-bond acceptors (Lipinski definition) is 3. The van der Waals surface area contributed by atoms with Crippen molar-refractivity contribution in [3.05, 3.63) is 17.5 Å². The molecule has 0 unspecified atom stereocenters. The van der Waals surface area contributed by atoms with Gasteiger partial charge in [-0.05, 0) is 38.5 Å². The topological polar surface area (TPSA) is 38.7 Å². The van der Waals surface area contributed by atoms with Gasteiger partial charge in [-0.1, -0.05) is 57.8 Å². The van der Waals surface area contributed by atoms with Gasteiger partial charge in [0.05, 0.1) is 0 Å². The first-order valence-electron chi connectivity index (χ1n) is 10.7. The molecular formula is C21H33N3. The largest absolute Gasteiger partial charge is 0.217 e. The van der Waals surface area contributed by atoms with E-state index in [0.717, 1.165) is 17.5 Å². The molecule has 0 N–H and O–H groups in total. The van der Waals surface area contributed by atoms with E-state index >= 15 is 0 Å². The van der Waals surface area contributed by atoms with Crippen LogP contribution < -0.4 is 0 Å². The fourth-order valence-electron chi connectivity index (χ4n) is 5.06. The van der Waals surface area contributed by atoms with Gasteiger partial charge in [0.25, 0.3) is 0 Å². The number of rotatable bonds is 3. The van der Waals surface area contributed by atoms with E-state index in [-0.39, 0.29) is 0 Å². The Bertz CT molecular complexity index is 435. The molecular weight excluding hydrogens is 294 g/mol. The smallest absolute Gasteiger partial charge is 0.135 e. The maximum atomic E-state index is 5.05. The standard InChI is InChI=1S/C21H33N3/c1-4-10-16(11-5-1)19-22-20(17-12-6-2-7-13-17)24-21(23-19)18-14-8-3-9-15-18/h16-18H,1-15H2. The molecule has 132 valence electrons. The van der Waals surface area contributed by atoms with E-state index < -0.39 is 0 Å². The Morgan fingerprint density at radius 2 is 0.625 bits per heavy atom. The molecule has 4 rings (SSSR count). The van der Waals surface area contributed by atoms with Crippen LogP contribution in [0.3, 0.4) is 0 Å². The zero-order chi connectivity index (χ0) is 16.2. The van der Waals surface area contributed by atoms with Gasteiger partial charge < -0.3 is 0 Å². The van der Waals surface area contributed by atoms with Crippen LogP contribution in [0.2, 0.25) is 0 Å². The van der Waals surface area contributed by atoms with Crippen LogP contribution in [0.25, 0.3) is 0 Å². The Kier molecular flexibility index (Phi) is 5.44. The van der Waals surface area contributed by atoms with Gasteiger partial charge in [-0.15, -0.1) is 0 Å². The minimum absolute atomic E-state index is 0.603. The third-order valence-corrected chi connectivity index (χ3v) is 6.60. The Labute approximate surface area is 147 Å². The highest BCUT2D eigenvalue weighted by molar-refractivity contribution is 5.10. The molecule has 3 saturated carbocycles. The molecule has 0 atom stereocenters. The van der Waals surface area contributed by atoms with Crippen molar-refractivity contribution < 1.29 is 0 Å². The highest BCUT2D eigenvalue weighted by atomic mass is 15.0. The Hall–Kier alpha value is -0.990. The maximum Gasteiger partial charge on any atom is 0.135 e. The van der Waals surface area contributed by atoms with Crippen molar-refractivity contribution in [2.45, 2.75) is 114 Å². The van der Waals surface area contributed by atoms with Gasteiger partial charge in [0, 0.05) is 17.8 Å². The molecule has 3 nitrogen and oxygen atoms in total. The van der Waals surface area contributed by atoms with Gasteiger partial charge in [-0.3, -0.25) is 0 Å². The molecule has 3 aliphatic rings. The zero-order valence-corrected chi connectivity index (χ0v) is 15.2. The van der Waals surface area contributed by atoms with Crippen LogP contribution in [-0.4, -0.2) is 15.0 Å². The van der Waals surface area contributed by atoms with Crippen molar-refractivity contribution in [1.82, 2.24) is 15.0 Å². The van der Waals surface area contributed by atoms with Gasteiger partial charge in [0.1, 0.15) is 17.5 Å². The van der Waals surface area contributed by atoms with Crippen molar-refractivity contribution >= 4 is 0 Å². The normalized spacial score (nSPS) is 25.0. The Balaban J connectivity index is 1.63. The lowest BCUT2D eigenvalue weighted by molar-refractivity contribution is 0.389. The summed E-state index contributed by atoms with van der Waals surface area (Å²) in [6.07, 6.45) is 20.1. The van der Waals surface area contributed by atoms with Crippen LogP contribution in [0.4, 0.5) is 0 Å². The molecule has 1 aromatic heterocycles. The number of aromatic nitrogens is 3. The summed E-state index contributed by atoms with van der Waals surface area (Å²) < 4.78 is 0. The molecule has 0 aliphatic heterocycles.